The average Bonchev–Trinajstić information content (AvgIpc) is 2.43. The molecule has 0 saturated heterocycles. The van der Waals surface area contributed by atoms with Crippen LogP contribution in [0.25, 0.3) is 0 Å². The lowest BCUT2D eigenvalue weighted by Gasteiger charge is -2.27. The van der Waals surface area contributed by atoms with Gasteiger partial charge in [0, 0.05) is 19.1 Å². The molecule has 0 aliphatic heterocycles. The summed E-state index contributed by atoms with van der Waals surface area (Å²) >= 11 is 0. The number of rotatable bonds is 8. The topological polar surface area (TPSA) is 39.1 Å². The monoisotopic (exact) mass is 291 g/mol. The number of halogens is 1. The molecule has 1 aromatic carbocycles. The highest BCUT2D eigenvalue weighted by atomic mass is 19.1. The zero-order chi connectivity index (χ0) is 15.8. The molecule has 21 heavy (non-hydrogen) atoms. The second-order valence-corrected chi connectivity index (χ2v) is 5.74. The van der Waals surface area contributed by atoms with Crippen LogP contribution in [0.5, 0.6) is 0 Å². The summed E-state index contributed by atoms with van der Waals surface area (Å²) in [6.07, 6.45) is 0.404. The summed E-state index contributed by atoms with van der Waals surface area (Å²) in [5, 5.41) is 12.0. The minimum atomic E-state index is -0.212. The molecule has 1 atom stereocenters. The molecule has 0 amide bonds. The lowest BCUT2D eigenvalue weighted by Crippen LogP contribution is -2.29. The fourth-order valence-electron chi connectivity index (χ4n) is 2.41. The van der Waals surface area contributed by atoms with Gasteiger partial charge in [-0.1, -0.05) is 26.8 Å². The van der Waals surface area contributed by atoms with Gasteiger partial charge in [0.1, 0.15) is 5.82 Å². The third kappa shape index (κ3) is 5.35. The minimum Gasteiger partial charge on any atom is -0.368 e. The van der Waals surface area contributed by atoms with Crippen LogP contribution in [0.4, 0.5) is 10.1 Å². The third-order valence-electron chi connectivity index (χ3n) is 3.40. The van der Waals surface area contributed by atoms with E-state index in [4.69, 9.17) is 5.26 Å². The lowest BCUT2D eigenvalue weighted by atomic mass is 10.1. The predicted octanol–water partition coefficient (Wildman–Crippen LogP) is 3.87. The Morgan fingerprint density at radius 1 is 1.33 bits per heavy atom. The number of hydrogen-bond donors (Lipinski definition) is 1. The van der Waals surface area contributed by atoms with Crippen molar-refractivity contribution in [1.29, 1.82) is 5.26 Å². The van der Waals surface area contributed by atoms with Gasteiger partial charge in [0.15, 0.2) is 0 Å². The van der Waals surface area contributed by atoms with Gasteiger partial charge in [-0.3, -0.25) is 0 Å². The quantitative estimate of drug-likeness (QED) is 0.790. The molecule has 0 saturated carbocycles. The molecule has 0 aliphatic carbocycles. The second-order valence-electron chi connectivity index (χ2n) is 5.74. The largest absolute Gasteiger partial charge is 0.368 e. The van der Waals surface area contributed by atoms with E-state index in [0.29, 0.717) is 24.6 Å². The molecule has 0 fully saturated rings. The fraction of sp³-hybridized carbons (Fsp3) is 0.588. The number of nitrogens with zero attached hydrogens (tertiary/aromatic N) is 2. The molecule has 116 valence electrons. The van der Waals surface area contributed by atoms with Crippen molar-refractivity contribution in [1.82, 2.24) is 5.32 Å². The molecule has 1 N–H and O–H groups in total. The Balaban J connectivity index is 2.96. The van der Waals surface area contributed by atoms with Crippen molar-refractivity contribution in [2.75, 3.05) is 24.5 Å². The number of nitriles is 1. The van der Waals surface area contributed by atoms with Gasteiger partial charge in [0.2, 0.25) is 0 Å². The van der Waals surface area contributed by atoms with E-state index in [2.05, 4.69) is 25.2 Å². The fourth-order valence-corrected chi connectivity index (χ4v) is 2.41. The maximum atomic E-state index is 14.4. The van der Waals surface area contributed by atoms with Crippen molar-refractivity contribution in [2.24, 2.45) is 5.92 Å². The second kappa shape index (κ2) is 8.63. The predicted molar refractivity (Wildman–Crippen MR) is 85.8 cm³/mol. The Morgan fingerprint density at radius 2 is 2.05 bits per heavy atom. The molecule has 0 aromatic heterocycles. The van der Waals surface area contributed by atoms with E-state index < -0.39 is 0 Å². The molecule has 0 radical (unpaired) electrons. The molecule has 1 aromatic rings. The highest BCUT2D eigenvalue weighted by molar-refractivity contribution is 5.49. The summed E-state index contributed by atoms with van der Waals surface area (Å²) in [5.41, 5.74) is 1.54. The SMILES string of the molecule is CCNC(C)c1ccc(N(CCC#N)CC(C)C)c(F)c1. The molecule has 0 spiro atoms. The van der Waals surface area contributed by atoms with Crippen molar-refractivity contribution in [2.45, 2.75) is 40.2 Å². The summed E-state index contributed by atoms with van der Waals surface area (Å²) in [5.74, 6) is 0.208. The molecule has 1 rings (SSSR count). The van der Waals surface area contributed by atoms with Crippen molar-refractivity contribution >= 4 is 5.69 Å². The minimum absolute atomic E-state index is 0.135. The van der Waals surface area contributed by atoms with Crippen molar-refractivity contribution in [3.63, 3.8) is 0 Å². The standard InChI is InChI=1S/C17H26FN3/c1-5-20-14(4)15-7-8-17(16(18)11-15)21(10-6-9-19)12-13(2)3/h7-8,11,13-14,20H,5-6,10,12H2,1-4H3. The molecule has 3 nitrogen and oxygen atoms in total. The van der Waals surface area contributed by atoms with Crippen LogP contribution in [-0.2, 0) is 0 Å². The molecular weight excluding hydrogens is 265 g/mol. The highest BCUT2D eigenvalue weighted by Gasteiger charge is 2.15. The summed E-state index contributed by atoms with van der Waals surface area (Å²) in [6, 6.07) is 7.66. The number of nitrogens with one attached hydrogen (secondary N) is 1. The van der Waals surface area contributed by atoms with Crippen LogP contribution in [-0.4, -0.2) is 19.6 Å². The van der Waals surface area contributed by atoms with E-state index >= 15 is 0 Å². The van der Waals surface area contributed by atoms with Gasteiger partial charge in [-0.15, -0.1) is 0 Å². The summed E-state index contributed by atoms with van der Waals surface area (Å²) < 4.78 is 14.4. The van der Waals surface area contributed by atoms with Crippen molar-refractivity contribution in [3.05, 3.63) is 29.6 Å². The van der Waals surface area contributed by atoms with E-state index in [1.807, 2.05) is 30.9 Å². The van der Waals surface area contributed by atoms with E-state index in [-0.39, 0.29) is 11.9 Å². The summed E-state index contributed by atoms with van der Waals surface area (Å²) in [4.78, 5) is 1.96. The Kier molecular flexibility index (Phi) is 7.18. The smallest absolute Gasteiger partial charge is 0.146 e. The Bertz CT molecular complexity index is 479. The van der Waals surface area contributed by atoms with Gasteiger partial charge < -0.3 is 10.2 Å². The van der Waals surface area contributed by atoms with Crippen LogP contribution in [0, 0.1) is 23.1 Å². The van der Waals surface area contributed by atoms with E-state index in [0.717, 1.165) is 18.7 Å². The van der Waals surface area contributed by atoms with Crippen LogP contribution < -0.4 is 10.2 Å². The van der Waals surface area contributed by atoms with Crippen molar-refractivity contribution in [3.8, 4) is 6.07 Å². The highest BCUT2D eigenvalue weighted by Crippen LogP contribution is 2.24. The van der Waals surface area contributed by atoms with Gasteiger partial charge in [-0.05, 0) is 37.1 Å². The van der Waals surface area contributed by atoms with Crippen LogP contribution in [0.3, 0.4) is 0 Å². The van der Waals surface area contributed by atoms with Gasteiger partial charge in [-0.25, -0.2) is 4.39 Å². The van der Waals surface area contributed by atoms with Crippen LogP contribution in [0.1, 0.15) is 45.7 Å². The average molecular weight is 291 g/mol. The van der Waals surface area contributed by atoms with Crippen LogP contribution >= 0.6 is 0 Å². The maximum Gasteiger partial charge on any atom is 0.146 e. The number of hydrogen-bond acceptors (Lipinski definition) is 3. The molecule has 0 bridgehead atoms. The lowest BCUT2D eigenvalue weighted by molar-refractivity contribution is 0.568. The molecule has 0 heterocycles. The van der Waals surface area contributed by atoms with E-state index in [1.165, 1.54) is 0 Å². The Hall–Kier alpha value is -1.60. The van der Waals surface area contributed by atoms with Gasteiger partial charge in [0.25, 0.3) is 0 Å². The first kappa shape index (κ1) is 17.5. The Labute approximate surface area is 127 Å². The number of anilines is 1. The van der Waals surface area contributed by atoms with E-state index in [9.17, 15) is 4.39 Å². The molecule has 1 unspecified atom stereocenters. The van der Waals surface area contributed by atoms with Gasteiger partial charge >= 0.3 is 0 Å². The first-order chi connectivity index (χ1) is 9.99. The number of benzene rings is 1. The molecular formula is C17H26FN3. The first-order valence-electron chi connectivity index (χ1n) is 7.64. The van der Waals surface area contributed by atoms with Gasteiger partial charge in [-0.2, -0.15) is 5.26 Å². The summed E-state index contributed by atoms with van der Waals surface area (Å²) in [7, 11) is 0. The maximum absolute atomic E-state index is 14.4. The van der Waals surface area contributed by atoms with E-state index in [1.54, 1.807) is 6.07 Å². The third-order valence-corrected chi connectivity index (χ3v) is 3.40. The van der Waals surface area contributed by atoms with Crippen LogP contribution in [0.15, 0.2) is 18.2 Å². The molecule has 4 heteroatoms. The Morgan fingerprint density at radius 3 is 2.57 bits per heavy atom. The summed E-state index contributed by atoms with van der Waals surface area (Å²) in [6.45, 7) is 10.4. The molecule has 0 aliphatic rings. The zero-order valence-electron chi connectivity index (χ0n) is 13.5. The normalized spacial score (nSPS) is 12.2. The zero-order valence-corrected chi connectivity index (χ0v) is 13.5. The van der Waals surface area contributed by atoms with Crippen molar-refractivity contribution < 1.29 is 4.39 Å². The van der Waals surface area contributed by atoms with Gasteiger partial charge in [0.05, 0.1) is 18.2 Å². The first-order valence-corrected chi connectivity index (χ1v) is 7.64. The van der Waals surface area contributed by atoms with Crippen LogP contribution in [0.2, 0.25) is 0 Å².